The molecule has 176 valence electrons. The number of benzene rings is 2. The first-order valence-electron chi connectivity index (χ1n) is 11.0. The summed E-state index contributed by atoms with van der Waals surface area (Å²) in [4.78, 5) is 35.3. The van der Waals surface area contributed by atoms with Gasteiger partial charge in [0.25, 0.3) is 11.6 Å². The van der Waals surface area contributed by atoms with Crippen molar-refractivity contribution in [2.75, 3.05) is 10.6 Å². The molecule has 9 heteroatoms. The van der Waals surface area contributed by atoms with Gasteiger partial charge in [-0.2, -0.15) is 5.10 Å². The van der Waals surface area contributed by atoms with Crippen LogP contribution in [-0.2, 0) is 11.3 Å². The molecule has 0 aliphatic rings. The van der Waals surface area contributed by atoms with Gasteiger partial charge >= 0.3 is 0 Å². The molecular weight excluding hydrogens is 434 g/mol. The van der Waals surface area contributed by atoms with Gasteiger partial charge in [-0.1, -0.05) is 25.5 Å². The molecule has 1 aromatic heterocycles. The van der Waals surface area contributed by atoms with E-state index in [1.54, 1.807) is 36.4 Å². The minimum atomic E-state index is -0.490. The fourth-order valence-electron chi connectivity index (χ4n) is 3.39. The molecule has 3 aromatic rings. The zero-order valence-electron chi connectivity index (χ0n) is 19.4. The van der Waals surface area contributed by atoms with Gasteiger partial charge in [0.15, 0.2) is 0 Å². The van der Waals surface area contributed by atoms with Crippen molar-refractivity contribution in [2.24, 2.45) is 0 Å². The number of nitrogens with zero attached hydrogens (tertiary/aromatic N) is 3. The van der Waals surface area contributed by atoms with Gasteiger partial charge in [0.05, 0.1) is 22.0 Å². The van der Waals surface area contributed by atoms with E-state index < -0.39 is 10.8 Å². The summed E-state index contributed by atoms with van der Waals surface area (Å²) < 4.78 is 1.91. The van der Waals surface area contributed by atoms with Crippen molar-refractivity contribution in [3.05, 3.63) is 87.2 Å². The van der Waals surface area contributed by atoms with Gasteiger partial charge in [-0.05, 0) is 56.2 Å². The minimum Gasteiger partial charge on any atom is -0.323 e. The number of non-ortho nitro benzene ring substituents is 1. The quantitative estimate of drug-likeness (QED) is 0.261. The highest BCUT2D eigenvalue weighted by atomic mass is 16.6. The van der Waals surface area contributed by atoms with Crippen LogP contribution in [0.4, 0.5) is 17.1 Å². The predicted octanol–water partition coefficient (Wildman–Crippen LogP) is 5.11. The lowest BCUT2D eigenvalue weighted by Gasteiger charge is -2.08. The molecule has 0 aliphatic heterocycles. The average Bonchev–Trinajstić information content (AvgIpc) is 3.09. The molecule has 0 saturated carbocycles. The normalized spacial score (nSPS) is 10.9. The molecule has 2 amide bonds. The van der Waals surface area contributed by atoms with Crippen molar-refractivity contribution in [3.63, 3.8) is 0 Å². The third kappa shape index (κ3) is 6.16. The van der Waals surface area contributed by atoms with Crippen LogP contribution in [-0.4, -0.2) is 26.5 Å². The van der Waals surface area contributed by atoms with Crippen molar-refractivity contribution in [2.45, 2.75) is 40.2 Å². The molecule has 1 heterocycles. The van der Waals surface area contributed by atoms with E-state index in [9.17, 15) is 19.7 Å². The number of aromatic nitrogens is 2. The number of carbonyl (C=O) groups excluding carboxylic acids is 2. The zero-order chi connectivity index (χ0) is 24.7. The molecule has 3 rings (SSSR count). The number of amides is 2. The highest BCUT2D eigenvalue weighted by molar-refractivity contribution is 6.06. The van der Waals surface area contributed by atoms with Crippen LogP contribution in [0.2, 0.25) is 0 Å². The molecule has 0 saturated heterocycles. The second kappa shape index (κ2) is 11.0. The number of rotatable bonds is 9. The van der Waals surface area contributed by atoms with Crippen molar-refractivity contribution in [1.82, 2.24) is 9.78 Å². The molecule has 2 aromatic carbocycles. The zero-order valence-corrected chi connectivity index (χ0v) is 19.4. The Morgan fingerprint density at radius 3 is 2.53 bits per heavy atom. The van der Waals surface area contributed by atoms with Crippen LogP contribution in [0.15, 0.2) is 54.6 Å². The van der Waals surface area contributed by atoms with Crippen molar-refractivity contribution in [1.29, 1.82) is 0 Å². The van der Waals surface area contributed by atoms with E-state index >= 15 is 0 Å². The van der Waals surface area contributed by atoms with Crippen LogP contribution in [0.5, 0.6) is 0 Å². The van der Waals surface area contributed by atoms with Gasteiger partial charge in [0.1, 0.15) is 0 Å². The molecular formula is C25H27N5O4. The Morgan fingerprint density at radius 2 is 1.85 bits per heavy atom. The number of aryl methyl sites for hydroxylation is 2. The van der Waals surface area contributed by atoms with E-state index in [0.717, 1.165) is 30.8 Å². The lowest BCUT2D eigenvalue weighted by atomic mass is 10.1. The van der Waals surface area contributed by atoms with Crippen LogP contribution in [0.3, 0.4) is 0 Å². The number of hydrogen-bond donors (Lipinski definition) is 2. The van der Waals surface area contributed by atoms with E-state index in [1.807, 2.05) is 18.5 Å². The van der Waals surface area contributed by atoms with Gasteiger partial charge in [-0.25, -0.2) is 0 Å². The smallest absolute Gasteiger partial charge is 0.270 e. The third-order valence-electron chi connectivity index (χ3n) is 5.27. The Morgan fingerprint density at radius 1 is 1.12 bits per heavy atom. The van der Waals surface area contributed by atoms with Crippen molar-refractivity contribution < 1.29 is 14.5 Å². The average molecular weight is 462 g/mol. The molecule has 2 N–H and O–H groups in total. The number of hydrogen-bond acceptors (Lipinski definition) is 5. The Kier molecular flexibility index (Phi) is 7.92. The van der Waals surface area contributed by atoms with Crippen LogP contribution in [0.25, 0.3) is 6.08 Å². The molecule has 0 unspecified atom stereocenters. The third-order valence-corrected chi connectivity index (χ3v) is 5.27. The lowest BCUT2D eigenvalue weighted by Crippen LogP contribution is -2.14. The first-order valence-corrected chi connectivity index (χ1v) is 11.0. The van der Waals surface area contributed by atoms with Crippen LogP contribution >= 0.6 is 0 Å². The second-order valence-electron chi connectivity index (χ2n) is 7.83. The molecule has 0 spiro atoms. The SMILES string of the molecule is CCCCn1nc(C)c(NC(=O)c2ccc(NC(=O)/C=C/c3cccc([N+](=O)[O-])c3)cc2)c1C. The topological polar surface area (TPSA) is 119 Å². The number of nitro groups is 1. The van der Waals surface area contributed by atoms with E-state index in [2.05, 4.69) is 22.7 Å². The molecule has 0 atom stereocenters. The number of nitro benzene ring substituents is 1. The Labute approximate surface area is 197 Å². The predicted molar refractivity (Wildman–Crippen MR) is 132 cm³/mol. The van der Waals surface area contributed by atoms with E-state index in [4.69, 9.17) is 0 Å². The Hall–Kier alpha value is -4.27. The maximum Gasteiger partial charge on any atom is 0.270 e. The largest absolute Gasteiger partial charge is 0.323 e. The molecule has 0 bridgehead atoms. The number of unbranched alkanes of at least 4 members (excludes halogenated alkanes) is 1. The summed E-state index contributed by atoms with van der Waals surface area (Å²) in [5.74, 6) is -0.654. The summed E-state index contributed by atoms with van der Waals surface area (Å²) in [5.41, 5.74) is 3.86. The van der Waals surface area contributed by atoms with Crippen molar-refractivity contribution in [3.8, 4) is 0 Å². The summed E-state index contributed by atoms with van der Waals surface area (Å²) in [7, 11) is 0. The van der Waals surface area contributed by atoms with Crippen LogP contribution in [0, 0.1) is 24.0 Å². The highest BCUT2D eigenvalue weighted by Gasteiger charge is 2.15. The first-order chi connectivity index (χ1) is 16.3. The van der Waals surface area contributed by atoms with Gasteiger partial charge in [-0.3, -0.25) is 24.4 Å². The summed E-state index contributed by atoms with van der Waals surface area (Å²) >= 11 is 0. The first kappa shape index (κ1) is 24.4. The maximum absolute atomic E-state index is 12.7. The number of anilines is 2. The lowest BCUT2D eigenvalue weighted by molar-refractivity contribution is -0.384. The molecule has 0 fully saturated rings. The minimum absolute atomic E-state index is 0.0462. The fraction of sp³-hybridized carbons (Fsp3) is 0.240. The molecule has 0 radical (unpaired) electrons. The van der Waals surface area contributed by atoms with Crippen molar-refractivity contribution >= 4 is 35.0 Å². The monoisotopic (exact) mass is 461 g/mol. The van der Waals surface area contributed by atoms with E-state index in [-0.39, 0.29) is 11.6 Å². The van der Waals surface area contributed by atoms with Gasteiger partial charge in [0, 0.05) is 36.0 Å². The summed E-state index contributed by atoms with van der Waals surface area (Å²) in [6.45, 7) is 6.73. The molecule has 9 nitrogen and oxygen atoms in total. The Bertz CT molecular complexity index is 1230. The van der Waals surface area contributed by atoms with Crippen LogP contribution < -0.4 is 10.6 Å². The van der Waals surface area contributed by atoms with E-state index in [1.165, 1.54) is 24.3 Å². The molecule has 34 heavy (non-hydrogen) atoms. The van der Waals surface area contributed by atoms with Gasteiger partial charge in [-0.15, -0.1) is 0 Å². The van der Waals surface area contributed by atoms with E-state index in [0.29, 0.717) is 22.5 Å². The van der Waals surface area contributed by atoms with Gasteiger partial charge in [0.2, 0.25) is 5.91 Å². The fourth-order valence-corrected chi connectivity index (χ4v) is 3.39. The van der Waals surface area contributed by atoms with Crippen LogP contribution in [0.1, 0.15) is 47.1 Å². The second-order valence-corrected chi connectivity index (χ2v) is 7.83. The number of carbonyl (C=O) groups is 2. The summed E-state index contributed by atoms with van der Waals surface area (Å²) in [6, 6.07) is 12.5. The highest BCUT2D eigenvalue weighted by Crippen LogP contribution is 2.21. The standard InChI is InChI=1S/C25H27N5O4/c1-4-5-15-29-18(3)24(17(2)28-29)27-25(32)20-10-12-21(13-11-20)26-23(31)14-9-19-7-6-8-22(16-19)30(33)34/h6-14,16H,4-5,15H2,1-3H3,(H,26,31)(H,27,32)/b14-9+. The summed E-state index contributed by atoms with van der Waals surface area (Å²) in [5, 5.41) is 21.0. The number of nitrogens with one attached hydrogen (secondary N) is 2. The molecule has 0 aliphatic carbocycles. The Balaban J connectivity index is 1.61. The maximum atomic E-state index is 12.7. The summed E-state index contributed by atoms with van der Waals surface area (Å²) in [6.07, 6.45) is 4.87. The van der Waals surface area contributed by atoms with Gasteiger partial charge < -0.3 is 10.6 Å².